The molecule has 0 spiro atoms. The lowest BCUT2D eigenvalue weighted by molar-refractivity contribution is -0.115. The molecule has 1 aliphatic heterocycles. The summed E-state index contributed by atoms with van der Waals surface area (Å²) in [4.78, 5) is 18.1. The molecule has 96 valence electrons. The summed E-state index contributed by atoms with van der Waals surface area (Å²) in [7, 11) is 0. The topological polar surface area (TPSA) is 45.2 Å². The maximum Gasteiger partial charge on any atom is 0.244 e. The highest BCUT2D eigenvalue weighted by Gasteiger charge is 2.23. The van der Waals surface area contributed by atoms with E-state index >= 15 is 0 Å². The number of pyridine rings is 1. The monoisotopic (exact) mass is 317 g/mol. The Bertz CT molecular complexity index is 657. The van der Waals surface area contributed by atoms with Gasteiger partial charge in [-0.15, -0.1) is 0 Å². The van der Waals surface area contributed by atoms with E-state index in [4.69, 9.17) is 0 Å². The van der Waals surface area contributed by atoms with E-state index in [1.165, 1.54) is 0 Å². The Kier molecular flexibility index (Phi) is 2.98. The van der Waals surface area contributed by atoms with Crippen LogP contribution in [0.15, 0.2) is 41.0 Å². The fraction of sp³-hybridized carbons (Fsp3) is 0.143. The van der Waals surface area contributed by atoms with Gasteiger partial charge in [-0.25, -0.2) is 4.98 Å². The first-order valence-corrected chi connectivity index (χ1v) is 6.73. The number of benzene rings is 1. The van der Waals surface area contributed by atoms with Crippen LogP contribution >= 0.6 is 15.9 Å². The van der Waals surface area contributed by atoms with Crippen molar-refractivity contribution in [1.82, 2.24) is 4.98 Å². The van der Waals surface area contributed by atoms with Gasteiger partial charge in [0.25, 0.3) is 0 Å². The van der Waals surface area contributed by atoms with E-state index in [2.05, 4.69) is 26.2 Å². The average Bonchev–Trinajstić information content (AvgIpc) is 2.41. The van der Waals surface area contributed by atoms with Crippen molar-refractivity contribution in [3.8, 4) is 0 Å². The van der Waals surface area contributed by atoms with Crippen molar-refractivity contribution >= 4 is 39.0 Å². The molecule has 0 atom stereocenters. The molecule has 1 aliphatic rings. The van der Waals surface area contributed by atoms with Crippen molar-refractivity contribution in [2.45, 2.75) is 6.92 Å². The van der Waals surface area contributed by atoms with Crippen molar-refractivity contribution in [2.24, 2.45) is 0 Å². The molecule has 1 aromatic heterocycles. The standard InChI is InChI=1S/C14H12BrN3O/c1-9-6-13(16-7-10(9)15)18-8-14(19)17-11-4-2-3-5-12(11)18/h2-7H,8H2,1H3,(H,17,19). The summed E-state index contributed by atoms with van der Waals surface area (Å²) in [6.07, 6.45) is 1.76. The molecule has 0 bridgehead atoms. The summed E-state index contributed by atoms with van der Waals surface area (Å²) in [5.41, 5.74) is 2.88. The number of para-hydroxylation sites is 2. The second-order valence-corrected chi connectivity index (χ2v) is 5.30. The van der Waals surface area contributed by atoms with Crippen LogP contribution in [0.4, 0.5) is 17.2 Å². The van der Waals surface area contributed by atoms with E-state index in [1.54, 1.807) is 6.20 Å². The largest absolute Gasteiger partial charge is 0.323 e. The van der Waals surface area contributed by atoms with Crippen LogP contribution < -0.4 is 10.2 Å². The Morgan fingerprint density at radius 2 is 2.16 bits per heavy atom. The molecule has 0 radical (unpaired) electrons. The summed E-state index contributed by atoms with van der Waals surface area (Å²) in [5, 5.41) is 2.87. The molecule has 0 saturated heterocycles. The van der Waals surface area contributed by atoms with Gasteiger partial charge in [-0.1, -0.05) is 12.1 Å². The zero-order valence-corrected chi connectivity index (χ0v) is 11.9. The summed E-state index contributed by atoms with van der Waals surface area (Å²) >= 11 is 3.44. The van der Waals surface area contributed by atoms with Crippen molar-refractivity contribution in [2.75, 3.05) is 16.8 Å². The molecule has 1 N–H and O–H groups in total. The molecule has 5 heteroatoms. The Hall–Kier alpha value is -1.88. The van der Waals surface area contributed by atoms with Crippen molar-refractivity contribution in [3.05, 3.63) is 46.6 Å². The Morgan fingerprint density at radius 3 is 2.95 bits per heavy atom. The van der Waals surface area contributed by atoms with Crippen LogP contribution in [0.2, 0.25) is 0 Å². The van der Waals surface area contributed by atoms with Gasteiger partial charge in [0.1, 0.15) is 12.4 Å². The molecule has 2 aromatic rings. The van der Waals surface area contributed by atoms with Crippen LogP contribution in [0.1, 0.15) is 5.56 Å². The number of rotatable bonds is 1. The minimum Gasteiger partial charge on any atom is -0.323 e. The molecule has 0 saturated carbocycles. The van der Waals surface area contributed by atoms with Crippen LogP contribution in [-0.4, -0.2) is 17.4 Å². The maximum absolute atomic E-state index is 11.8. The third-order valence-electron chi connectivity index (χ3n) is 3.08. The summed E-state index contributed by atoms with van der Waals surface area (Å²) in [5.74, 6) is 0.754. The number of nitrogens with one attached hydrogen (secondary N) is 1. The SMILES string of the molecule is Cc1cc(N2CC(=O)Nc3ccccc32)ncc1Br. The van der Waals surface area contributed by atoms with E-state index in [9.17, 15) is 4.79 Å². The first kappa shape index (κ1) is 12.2. The number of fused-ring (bicyclic) bond motifs is 1. The fourth-order valence-corrected chi connectivity index (χ4v) is 2.33. The molecule has 4 nitrogen and oxygen atoms in total. The zero-order chi connectivity index (χ0) is 13.4. The first-order chi connectivity index (χ1) is 9.15. The lowest BCUT2D eigenvalue weighted by atomic mass is 10.2. The van der Waals surface area contributed by atoms with Crippen molar-refractivity contribution in [1.29, 1.82) is 0 Å². The summed E-state index contributed by atoms with van der Waals surface area (Å²) in [6.45, 7) is 2.29. The first-order valence-electron chi connectivity index (χ1n) is 5.94. The predicted molar refractivity (Wildman–Crippen MR) is 78.8 cm³/mol. The predicted octanol–water partition coefficient (Wildman–Crippen LogP) is 3.24. The third kappa shape index (κ3) is 2.21. The number of aromatic nitrogens is 1. The van der Waals surface area contributed by atoms with Gasteiger partial charge in [0.15, 0.2) is 0 Å². The van der Waals surface area contributed by atoms with Gasteiger partial charge in [0.2, 0.25) is 5.91 Å². The smallest absolute Gasteiger partial charge is 0.244 e. The van der Waals surface area contributed by atoms with Crippen molar-refractivity contribution < 1.29 is 4.79 Å². The van der Waals surface area contributed by atoms with Gasteiger partial charge < -0.3 is 10.2 Å². The zero-order valence-electron chi connectivity index (χ0n) is 10.4. The van der Waals surface area contributed by atoms with Crippen LogP contribution in [0.5, 0.6) is 0 Å². The normalized spacial score (nSPS) is 14.0. The lowest BCUT2D eigenvalue weighted by Crippen LogP contribution is -2.35. The molecule has 19 heavy (non-hydrogen) atoms. The molecule has 1 aromatic carbocycles. The van der Waals surface area contributed by atoms with Gasteiger partial charge in [-0.3, -0.25) is 4.79 Å². The number of nitrogens with zero attached hydrogens (tertiary/aromatic N) is 2. The lowest BCUT2D eigenvalue weighted by Gasteiger charge is -2.30. The van der Waals surface area contributed by atoms with Gasteiger partial charge >= 0.3 is 0 Å². The summed E-state index contributed by atoms with van der Waals surface area (Å²) < 4.78 is 0.964. The molecule has 0 fully saturated rings. The molecule has 2 heterocycles. The molecule has 3 rings (SSSR count). The van der Waals surface area contributed by atoms with E-state index < -0.39 is 0 Å². The fourth-order valence-electron chi connectivity index (χ4n) is 2.11. The highest BCUT2D eigenvalue weighted by molar-refractivity contribution is 9.10. The molecule has 0 aliphatic carbocycles. The molecular weight excluding hydrogens is 306 g/mol. The minimum absolute atomic E-state index is 0.0268. The summed E-state index contributed by atoms with van der Waals surface area (Å²) in [6, 6.07) is 9.70. The Balaban J connectivity index is 2.09. The van der Waals surface area contributed by atoms with Gasteiger partial charge in [0.05, 0.1) is 11.4 Å². The highest BCUT2D eigenvalue weighted by Crippen LogP contribution is 2.34. The van der Waals surface area contributed by atoms with Crippen LogP contribution in [0, 0.1) is 6.92 Å². The van der Waals surface area contributed by atoms with Crippen LogP contribution in [0.3, 0.4) is 0 Å². The second kappa shape index (κ2) is 4.66. The van der Waals surface area contributed by atoms with Gasteiger partial charge in [-0.2, -0.15) is 0 Å². The van der Waals surface area contributed by atoms with Crippen molar-refractivity contribution in [3.63, 3.8) is 0 Å². The number of halogens is 1. The number of anilines is 3. The molecule has 0 unspecified atom stereocenters. The molecular formula is C14H12BrN3O. The van der Waals surface area contributed by atoms with Gasteiger partial charge in [0, 0.05) is 10.7 Å². The molecule has 1 amide bonds. The second-order valence-electron chi connectivity index (χ2n) is 4.44. The van der Waals surface area contributed by atoms with E-state index in [0.717, 1.165) is 27.2 Å². The van der Waals surface area contributed by atoms with E-state index in [1.807, 2.05) is 42.2 Å². The van der Waals surface area contributed by atoms with Gasteiger partial charge in [-0.05, 0) is 46.6 Å². The Morgan fingerprint density at radius 1 is 1.37 bits per heavy atom. The number of hydrogen-bond donors (Lipinski definition) is 1. The number of carbonyl (C=O) groups excluding carboxylic acids is 1. The number of carbonyl (C=O) groups is 1. The Labute approximate surface area is 119 Å². The average molecular weight is 318 g/mol. The van der Waals surface area contributed by atoms with E-state index in [0.29, 0.717) is 0 Å². The van der Waals surface area contributed by atoms with E-state index in [-0.39, 0.29) is 12.5 Å². The number of aryl methyl sites for hydroxylation is 1. The van der Waals surface area contributed by atoms with Crippen LogP contribution in [0.25, 0.3) is 0 Å². The minimum atomic E-state index is -0.0268. The number of hydrogen-bond acceptors (Lipinski definition) is 3. The third-order valence-corrected chi connectivity index (χ3v) is 3.91. The van der Waals surface area contributed by atoms with Crippen LogP contribution in [-0.2, 0) is 4.79 Å². The highest BCUT2D eigenvalue weighted by atomic mass is 79.9. The quantitative estimate of drug-likeness (QED) is 0.878. The maximum atomic E-state index is 11.8. The number of amides is 1.